The van der Waals surface area contributed by atoms with E-state index in [1.165, 1.54) is 0 Å². The fraction of sp³-hybridized carbons (Fsp3) is 0. The number of rotatable bonds is 1. The summed E-state index contributed by atoms with van der Waals surface area (Å²) in [5.74, 6) is 0. The Hall–Kier alpha value is 0.314. The van der Waals surface area contributed by atoms with Gasteiger partial charge in [-0.1, -0.05) is 0 Å². The van der Waals surface area contributed by atoms with Crippen LogP contribution in [-0.4, -0.2) is 32.5 Å². The molecule has 0 aliphatic rings. The summed E-state index contributed by atoms with van der Waals surface area (Å²) in [6, 6.07) is 0. The number of hydrogen-bond acceptors (Lipinski definition) is 3. The SMILES string of the molecule is O[SiH2][SiH](O)O. The molecule has 0 aromatic heterocycles. The van der Waals surface area contributed by atoms with E-state index in [1.807, 2.05) is 0 Å². The van der Waals surface area contributed by atoms with Crippen LogP contribution in [0.2, 0.25) is 0 Å². The van der Waals surface area contributed by atoms with Crippen LogP contribution >= 0.6 is 0 Å². The summed E-state index contributed by atoms with van der Waals surface area (Å²) in [5.41, 5.74) is 0. The monoisotopic (exact) mass is 110 g/mol. The highest BCUT2D eigenvalue weighted by Crippen LogP contribution is 1.50. The maximum atomic E-state index is 7.87. The van der Waals surface area contributed by atoms with Crippen LogP contribution in [0.25, 0.3) is 0 Å². The molecule has 3 nitrogen and oxygen atoms in total. The van der Waals surface area contributed by atoms with Gasteiger partial charge in [0.15, 0.2) is 0 Å². The van der Waals surface area contributed by atoms with Crippen molar-refractivity contribution in [3.05, 3.63) is 0 Å². The van der Waals surface area contributed by atoms with E-state index in [9.17, 15) is 0 Å². The molecule has 0 aromatic carbocycles. The third-order valence-corrected chi connectivity index (χ3v) is 1.47. The molecule has 0 aliphatic carbocycles. The summed E-state index contributed by atoms with van der Waals surface area (Å²) >= 11 is 0. The van der Waals surface area contributed by atoms with Gasteiger partial charge in [-0.05, 0) is 0 Å². The molecular weight excluding hydrogens is 104 g/mol. The lowest BCUT2D eigenvalue weighted by Crippen LogP contribution is -2.20. The molecular formula is H6O3Si2. The minimum absolute atomic E-state index is 1.40. The molecule has 0 spiro atoms. The summed E-state index contributed by atoms with van der Waals surface area (Å²) in [6.07, 6.45) is 0. The van der Waals surface area contributed by atoms with E-state index in [-0.39, 0.29) is 0 Å². The van der Waals surface area contributed by atoms with E-state index < -0.39 is 18.1 Å². The van der Waals surface area contributed by atoms with Crippen LogP contribution in [0.5, 0.6) is 0 Å². The molecule has 0 radical (unpaired) electrons. The van der Waals surface area contributed by atoms with E-state index in [1.54, 1.807) is 0 Å². The van der Waals surface area contributed by atoms with Crippen LogP contribution in [0.3, 0.4) is 0 Å². The first-order valence-electron chi connectivity index (χ1n) is 1.24. The Morgan fingerprint density at radius 1 is 1.40 bits per heavy atom. The standard InChI is InChI=1S/H6O3Si2/c1-4-5(2)3/h1-3,5H,4H2. The van der Waals surface area contributed by atoms with Gasteiger partial charge in [0.1, 0.15) is 0 Å². The minimum atomic E-state index is -2.46. The zero-order valence-electron chi connectivity index (χ0n) is 2.63. The molecule has 5 heteroatoms. The average molecular weight is 110 g/mol. The normalized spacial score (nSPS) is 12.0. The molecule has 5 heavy (non-hydrogen) atoms. The van der Waals surface area contributed by atoms with E-state index in [0.29, 0.717) is 0 Å². The Morgan fingerprint density at radius 3 is 1.60 bits per heavy atom. The van der Waals surface area contributed by atoms with Crippen LogP contribution in [0.15, 0.2) is 0 Å². The first kappa shape index (κ1) is 5.31. The average Bonchev–Trinajstić information content (AvgIpc) is 1.38. The first-order chi connectivity index (χ1) is 2.27. The molecule has 0 aliphatic heterocycles. The van der Waals surface area contributed by atoms with Crippen molar-refractivity contribution in [3.8, 4) is 0 Å². The minimum Gasteiger partial charge on any atom is -0.436 e. The van der Waals surface area contributed by atoms with Crippen molar-refractivity contribution in [2.75, 3.05) is 0 Å². The maximum Gasteiger partial charge on any atom is 0.320 e. The molecule has 0 rings (SSSR count). The second-order valence-corrected chi connectivity index (χ2v) is 5.28. The lowest BCUT2D eigenvalue weighted by molar-refractivity contribution is 0.423. The summed E-state index contributed by atoms with van der Waals surface area (Å²) in [5, 5.41) is 0. The fourth-order valence-electron chi connectivity index (χ4n) is 0. The molecule has 0 bridgehead atoms. The predicted molar refractivity (Wildman–Crippen MR) is 22.3 cm³/mol. The summed E-state index contributed by atoms with van der Waals surface area (Å²) in [6.45, 7) is 0. The van der Waals surface area contributed by atoms with Gasteiger partial charge in [0, 0.05) is 0 Å². The third kappa shape index (κ3) is 4.31. The molecule has 32 valence electrons. The van der Waals surface area contributed by atoms with E-state index >= 15 is 0 Å². The molecule has 0 unspecified atom stereocenters. The van der Waals surface area contributed by atoms with Crippen LogP contribution in [0, 0.1) is 0 Å². The smallest absolute Gasteiger partial charge is 0.320 e. The van der Waals surface area contributed by atoms with Gasteiger partial charge in [0.05, 0.1) is 0 Å². The van der Waals surface area contributed by atoms with E-state index in [2.05, 4.69) is 0 Å². The lowest BCUT2D eigenvalue weighted by Gasteiger charge is -1.84. The van der Waals surface area contributed by atoms with Crippen molar-refractivity contribution in [1.29, 1.82) is 0 Å². The van der Waals surface area contributed by atoms with Crippen LogP contribution in [0.1, 0.15) is 0 Å². The Morgan fingerprint density at radius 2 is 1.60 bits per heavy atom. The fourth-order valence-corrected chi connectivity index (χ4v) is 0. The van der Waals surface area contributed by atoms with Crippen molar-refractivity contribution < 1.29 is 14.4 Å². The van der Waals surface area contributed by atoms with Crippen molar-refractivity contribution in [1.82, 2.24) is 0 Å². The molecule has 0 fully saturated rings. The quantitative estimate of drug-likeness (QED) is 0.311. The van der Waals surface area contributed by atoms with Crippen LogP contribution in [0.4, 0.5) is 0 Å². The van der Waals surface area contributed by atoms with E-state index in [4.69, 9.17) is 14.4 Å². The van der Waals surface area contributed by atoms with Gasteiger partial charge >= 0.3 is 8.80 Å². The van der Waals surface area contributed by atoms with Crippen LogP contribution in [-0.2, 0) is 0 Å². The third-order valence-electron chi connectivity index (χ3n) is 0.163. The summed E-state index contributed by atoms with van der Waals surface area (Å²) < 4.78 is 0. The number of hydrogen-bond donors (Lipinski definition) is 3. The summed E-state index contributed by atoms with van der Waals surface area (Å²) in [4.78, 5) is 23.6. The maximum absolute atomic E-state index is 7.87. The van der Waals surface area contributed by atoms with Crippen molar-refractivity contribution in [3.63, 3.8) is 0 Å². The second kappa shape index (κ2) is 2.55. The summed E-state index contributed by atoms with van der Waals surface area (Å²) in [7, 11) is -3.86. The van der Waals surface area contributed by atoms with E-state index in [0.717, 1.165) is 0 Å². The molecule has 0 atom stereocenters. The van der Waals surface area contributed by atoms with Crippen molar-refractivity contribution >= 4 is 18.1 Å². The molecule has 3 N–H and O–H groups in total. The Labute approximate surface area is 33.5 Å². The van der Waals surface area contributed by atoms with Crippen LogP contribution < -0.4 is 0 Å². The largest absolute Gasteiger partial charge is 0.436 e. The second-order valence-electron chi connectivity index (χ2n) is 0.663. The first-order valence-corrected chi connectivity index (χ1v) is 6.17. The molecule has 0 amide bonds. The lowest BCUT2D eigenvalue weighted by atomic mass is 15.8. The molecule has 0 saturated heterocycles. The predicted octanol–water partition coefficient (Wildman–Crippen LogP) is -3.24. The molecule has 0 aromatic rings. The van der Waals surface area contributed by atoms with Gasteiger partial charge in [-0.3, -0.25) is 0 Å². The van der Waals surface area contributed by atoms with Gasteiger partial charge in [-0.15, -0.1) is 0 Å². The topological polar surface area (TPSA) is 60.7 Å². The van der Waals surface area contributed by atoms with Gasteiger partial charge in [0.2, 0.25) is 9.28 Å². The molecule has 0 heterocycles. The highest BCUT2D eigenvalue weighted by atomic mass is 29.2. The van der Waals surface area contributed by atoms with Crippen molar-refractivity contribution in [2.24, 2.45) is 0 Å². The van der Waals surface area contributed by atoms with Crippen molar-refractivity contribution in [2.45, 2.75) is 0 Å². The molecule has 0 saturated carbocycles. The van der Waals surface area contributed by atoms with Gasteiger partial charge in [-0.25, -0.2) is 0 Å². The Bertz CT molecular complexity index is 18.9. The zero-order chi connectivity index (χ0) is 4.28. The Kier molecular flexibility index (Phi) is 2.71. The van der Waals surface area contributed by atoms with Gasteiger partial charge in [-0.2, -0.15) is 0 Å². The zero-order valence-corrected chi connectivity index (χ0v) is 5.20. The highest BCUT2D eigenvalue weighted by molar-refractivity contribution is 7.00. The van der Waals surface area contributed by atoms with Gasteiger partial charge in [0.25, 0.3) is 0 Å². The van der Waals surface area contributed by atoms with Gasteiger partial charge < -0.3 is 14.4 Å². The Balaban J connectivity index is 2.54. The highest BCUT2D eigenvalue weighted by Gasteiger charge is 1.94.